The van der Waals surface area contributed by atoms with Crippen molar-refractivity contribution in [2.24, 2.45) is 0 Å². The number of halogens is 3. The zero-order valence-corrected chi connectivity index (χ0v) is 22.3. The summed E-state index contributed by atoms with van der Waals surface area (Å²) in [6.07, 6.45) is 1.60. The van der Waals surface area contributed by atoms with Crippen molar-refractivity contribution in [3.8, 4) is 0 Å². The highest BCUT2D eigenvalue weighted by Gasteiger charge is 2.40. The minimum absolute atomic E-state index is 0.0490. The van der Waals surface area contributed by atoms with Crippen LogP contribution in [0.15, 0.2) is 59.1 Å². The van der Waals surface area contributed by atoms with Gasteiger partial charge in [0.15, 0.2) is 0 Å². The van der Waals surface area contributed by atoms with Gasteiger partial charge in [-0.15, -0.1) is 0 Å². The predicted molar refractivity (Wildman–Crippen MR) is 139 cm³/mol. The van der Waals surface area contributed by atoms with Gasteiger partial charge in [0.2, 0.25) is 0 Å². The van der Waals surface area contributed by atoms with Crippen LogP contribution in [0.3, 0.4) is 0 Å². The summed E-state index contributed by atoms with van der Waals surface area (Å²) < 4.78 is 16.2. The molecule has 3 rings (SSSR count). The lowest BCUT2D eigenvalue weighted by Gasteiger charge is -2.32. The molecule has 0 radical (unpaired) electrons. The normalized spacial score (nSPS) is 15.4. The second-order valence-electron chi connectivity index (χ2n) is 7.69. The lowest BCUT2D eigenvalue weighted by molar-refractivity contribution is -0.139. The van der Waals surface area contributed by atoms with E-state index in [1.807, 2.05) is 0 Å². The maximum Gasteiger partial charge on any atom is 0.336 e. The maximum atomic E-state index is 13.2. The Bertz CT molecular complexity index is 1200. The van der Waals surface area contributed by atoms with Crippen molar-refractivity contribution >= 4 is 52.4 Å². The number of allylic oxidation sites excluding steroid dienone is 1. The number of carbonyl (C=O) groups is 2. The fourth-order valence-electron chi connectivity index (χ4n) is 3.85. The Balaban J connectivity index is 1.92. The van der Waals surface area contributed by atoms with Crippen molar-refractivity contribution in [1.29, 1.82) is 0 Å². The van der Waals surface area contributed by atoms with Crippen LogP contribution in [-0.4, -0.2) is 50.4 Å². The third-order valence-electron chi connectivity index (χ3n) is 5.39. The van der Waals surface area contributed by atoms with E-state index in [1.165, 1.54) is 7.11 Å². The Kier molecular flexibility index (Phi) is 10.0. The number of anilines is 1. The highest BCUT2D eigenvalue weighted by Crippen LogP contribution is 2.43. The van der Waals surface area contributed by atoms with Gasteiger partial charge in [-0.25, -0.2) is 14.6 Å². The van der Waals surface area contributed by atoms with Gasteiger partial charge >= 0.3 is 11.9 Å². The van der Waals surface area contributed by atoms with E-state index < -0.39 is 17.9 Å². The number of nitrogens with zero attached hydrogens (tertiary/aromatic N) is 1. The summed E-state index contributed by atoms with van der Waals surface area (Å²) in [7, 11) is 1.27. The predicted octanol–water partition coefficient (Wildman–Crippen LogP) is 5.12. The zero-order valence-electron chi connectivity index (χ0n) is 20.0. The molecule has 0 spiro atoms. The number of hydrogen-bond donors (Lipinski definition) is 2. The van der Waals surface area contributed by atoms with E-state index in [-0.39, 0.29) is 34.4 Å². The molecular weight excluding hydrogens is 529 g/mol. The van der Waals surface area contributed by atoms with Crippen LogP contribution in [0.25, 0.3) is 0 Å². The van der Waals surface area contributed by atoms with Gasteiger partial charge in [0.25, 0.3) is 0 Å². The molecule has 0 saturated carbocycles. The minimum atomic E-state index is -0.875. The number of rotatable bonds is 10. The number of aromatic nitrogens is 1. The van der Waals surface area contributed by atoms with Crippen molar-refractivity contribution in [2.45, 2.75) is 19.8 Å². The van der Waals surface area contributed by atoms with Crippen molar-refractivity contribution in [1.82, 2.24) is 10.3 Å². The number of carbonyl (C=O) groups excluding carboxylic acids is 2. The quantitative estimate of drug-likeness (QED) is 0.237. The minimum Gasteiger partial charge on any atom is -0.466 e. The fourth-order valence-corrected chi connectivity index (χ4v) is 4.44. The van der Waals surface area contributed by atoms with Crippen LogP contribution in [0, 0.1) is 0 Å². The third kappa shape index (κ3) is 6.50. The van der Waals surface area contributed by atoms with Gasteiger partial charge in [-0.1, -0.05) is 46.9 Å². The molecule has 0 fully saturated rings. The Morgan fingerprint density at radius 1 is 1.14 bits per heavy atom. The van der Waals surface area contributed by atoms with Crippen molar-refractivity contribution < 1.29 is 23.8 Å². The standard InChI is InChI=1S/C25H26Cl3N3O5/c1-4-36-25(33)22-18(13-35-11-10-29-15-8-9-30-19(27)12-15)31-14(2)20(24(32)34-3)21(22)16-6-5-7-17(26)23(16)28/h5-9,12,21,31H,4,10-11,13H2,1-3H3,(H,29,30). The molecule has 2 N–H and O–H groups in total. The van der Waals surface area contributed by atoms with E-state index in [0.29, 0.717) is 35.3 Å². The molecule has 192 valence electrons. The van der Waals surface area contributed by atoms with Crippen LogP contribution in [-0.2, 0) is 23.8 Å². The smallest absolute Gasteiger partial charge is 0.336 e. The average molecular weight is 555 g/mol. The molecule has 0 saturated heterocycles. The largest absolute Gasteiger partial charge is 0.466 e. The molecule has 1 aromatic carbocycles. The maximum absolute atomic E-state index is 13.2. The summed E-state index contributed by atoms with van der Waals surface area (Å²) in [5.41, 5.74) is 2.65. The number of nitrogens with one attached hydrogen (secondary N) is 2. The first-order valence-corrected chi connectivity index (χ1v) is 12.2. The topological polar surface area (TPSA) is 98.8 Å². The van der Waals surface area contributed by atoms with Crippen LogP contribution < -0.4 is 10.6 Å². The van der Waals surface area contributed by atoms with E-state index >= 15 is 0 Å². The fraction of sp³-hybridized carbons (Fsp3) is 0.320. The lowest BCUT2D eigenvalue weighted by atomic mass is 9.80. The highest BCUT2D eigenvalue weighted by molar-refractivity contribution is 6.42. The Morgan fingerprint density at radius 3 is 2.61 bits per heavy atom. The number of methoxy groups -OCH3 is 1. The van der Waals surface area contributed by atoms with E-state index in [4.69, 9.17) is 49.0 Å². The van der Waals surface area contributed by atoms with E-state index in [1.54, 1.807) is 50.4 Å². The molecule has 0 aliphatic carbocycles. The van der Waals surface area contributed by atoms with Gasteiger partial charge in [0.05, 0.1) is 59.7 Å². The summed E-state index contributed by atoms with van der Waals surface area (Å²) in [6, 6.07) is 8.53. The zero-order chi connectivity index (χ0) is 26.2. The van der Waals surface area contributed by atoms with Crippen LogP contribution in [0.4, 0.5) is 5.69 Å². The Morgan fingerprint density at radius 2 is 1.92 bits per heavy atom. The second kappa shape index (κ2) is 13.0. The van der Waals surface area contributed by atoms with Gasteiger partial charge in [-0.3, -0.25) is 0 Å². The monoisotopic (exact) mass is 553 g/mol. The summed E-state index contributed by atoms with van der Waals surface area (Å²) in [5, 5.41) is 7.21. The number of ether oxygens (including phenoxy) is 3. The molecule has 1 atom stereocenters. The third-order valence-corrected chi connectivity index (χ3v) is 6.43. The molecule has 1 aromatic heterocycles. The second-order valence-corrected chi connectivity index (χ2v) is 8.86. The first-order chi connectivity index (χ1) is 17.3. The van der Waals surface area contributed by atoms with Crippen LogP contribution in [0.1, 0.15) is 25.3 Å². The number of pyridine rings is 1. The average Bonchev–Trinajstić information content (AvgIpc) is 2.85. The Labute approximate surface area is 224 Å². The molecule has 1 aliphatic rings. The highest BCUT2D eigenvalue weighted by atomic mass is 35.5. The van der Waals surface area contributed by atoms with Gasteiger partial charge in [0, 0.05) is 24.1 Å². The van der Waals surface area contributed by atoms with E-state index in [0.717, 1.165) is 5.69 Å². The van der Waals surface area contributed by atoms with Crippen LogP contribution in [0.2, 0.25) is 15.2 Å². The molecule has 0 bridgehead atoms. The lowest BCUT2D eigenvalue weighted by Crippen LogP contribution is -2.35. The first-order valence-electron chi connectivity index (χ1n) is 11.1. The van der Waals surface area contributed by atoms with Crippen molar-refractivity contribution in [3.05, 3.63) is 79.8 Å². The van der Waals surface area contributed by atoms with E-state index in [9.17, 15) is 9.59 Å². The molecule has 1 aliphatic heterocycles. The SMILES string of the molecule is CCOC(=O)C1=C(COCCNc2ccnc(Cl)c2)NC(C)=C(C(=O)OC)C1c1cccc(Cl)c1Cl. The molecule has 36 heavy (non-hydrogen) atoms. The number of hydrogen-bond acceptors (Lipinski definition) is 8. The summed E-state index contributed by atoms with van der Waals surface area (Å²) in [6.45, 7) is 4.40. The molecule has 1 unspecified atom stereocenters. The molecule has 11 heteroatoms. The van der Waals surface area contributed by atoms with Crippen LogP contribution in [0.5, 0.6) is 0 Å². The number of esters is 2. The molecular formula is C25H26Cl3N3O5. The summed E-state index contributed by atoms with van der Waals surface area (Å²) in [5.74, 6) is -2.09. The molecule has 8 nitrogen and oxygen atoms in total. The Hall–Kier alpha value is -2.78. The summed E-state index contributed by atoms with van der Waals surface area (Å²) in [4.78, 5) is 30.0. The number of dihydropyridines is 1. The van der Waals surface area contributed by atoms with Gasteiger partial charge in [0.1, 0.15) is 5.15 Å². The van der Waals surface area contributed by atoms with Crippen molar-refractivity contribution in [3.63, 3.8) is 0 Å². The summed E-state index contributed by atoms with van der Waals surface area (Å²) >= 11 is 18.7. The van der Waals surface area contributed by atoms with Gasteiger partial charge < -0.3 is 24.8 Å². The van der Waals surface area contributed by atoms with Crippen LogP contribution >= 0.6 is 34.8 Å². The van der Waals surface area contributed by atoms with Crippen molar-refractivity contribution in [2.75, 3.05) is 38.8 Å². The number of benzene rings is 1. The first kappa shape index (κ1) is 27.8. The van der Waals surface area contributed by atoms with Gasteiger partial charge in [-0.2, -0.15) is 0 Å². The van der Waals surface area contributed by atoms with Gasteiger partial charge in [-0.05, 0) is 37.6 Å². The molecule has 0 amide bonds. The van der Waals surface area contributed by atoms with E-state index in [2.05, 4.69) is 15.6 Å². The molecule has 2 heterocycles. The molecule has 2 aromatic rings.